The second kappa shape index (κ2) is 7.39. The lowest BCUT2D eigenvalue weighted by atomic mass is 10.1. The Morgan fingerprint density at radius 1 is 1.38 bits per heavy atom. The molecule has 0 fully saturated rings. The summed E-state index contributed by atoms with van der Waals surface area (Å²) in [4.78, 5) is 0. The van der Waals surface area contributed by atoms with Gasteiger partial charge in [-0.1, -0.05) is 38.7 Å². The van der Waals surface area contributed by atoms with E-state index >= 15 is 0 Å². The molecule has 0 aliphatic heterocycles. The molecule has 90 valence electrons. The van der Waals surface area contributed by atoms with Crippen LogP contribution in [-0.4, -0.2) is 14.8 Å². The van der Waals surface area contributed by atoms with Gasteiger partial charge in [-0.3, -0.25) is 5.10 Å². The predicted octanol–water partition coefficient (Wildman–Crippen LogP) is 3.64. The average molecular weight is 239 g/mol. The van der Waals surface area contributed by atoms with Crippen LogP contribution in [-0.2, 0) is 13.0 Å². The van der Waals surface area contributed by atoms with E-state index in [1.54, 1.807) is 0 Å². The number of hydrogen-bond donors (Lipinski definition) is 1. The van der Waals surface area contributed by atoms with Crippen molar-refractivity contribution in [2.24, 2.45) is 0 Å². The van der Waals surface area contributed by atoms with Gasteiger partial charge in [0, 0.05) is 13.0 Å². The molecule has 0 unspecified atom stereocenters. The Hall–Kier alpha value is -0.900. The number of allylic oxidation sites excluding steroid dienone is 1. The van der Waals surface area contributed by atoms with Crippen molar-refractivity contribution in [3.63, 3.8) is 0 Å². The molecule has 0 saturated heterocycles. The molecular formula is C12H21N3S. The molecule has 1 aromatic heterocycles. The lowest BCUT2D eigenvalue weighted by Crippen LogP contribution is -2.02. The maximum absolute atomic E-state index is 5.16. The smallest absolute Gasteiger partial charge is 0.195 e. The number of nitrogens with one attached hydrogen (secondary N) is 1. The zero-order valence-corrected chi connectivity index (χ0v) is 10.9. The molecule has 0 spiro atoms. The van der Waals surface area contributed by atoms with Crippen LogP contribution in [0.2, 0.25) is 0 Å². The van der Waals surface area contributed by atoms with E-state index in [9.17, 15) is 0 Å². The zero-order valence-electron chi connectivity index (χ0n) is 10.0. The van der Waals surface area contributed by atoms with Crippen molar-refractivity contribution in [1.29, 1.82) is 0 Å². The first-order valence-corrected chi connectivity index (χ1v) is 6.45. The van der Waals surface area contributed by atoms with Gasteiger partial charge < -0.3 is 4.57 Å². The molecule has 0 amide bonds. The molecule has 0 saturated carbocycles. The highest BCUT2D eigenvalue weighted by atomic mass is 32.1. The van der Waals surface area contributed by atoms with E-state index in [0.717, 1.165) is 18.8 Å². The van der Waals surface area contributed by atoms with Crippen LogP contribution in [0.1, 0.15) is 44.9 Å². The molecular weight excluding hydrogens is 218 g/mol. The third kappa shape index (κ3) is 3.93. The number of rotatable bonds is 8. The Balaban J connectivity index is 2.41. The van der Waals surface area contributed by atoms with Crippen LogP contribution < -0.4 is 0 Å². The zero-order chi connectivity index (χ0) is 11.8. The Kier molecular flexibility index (Phi) is 6.08. The minimum Gasteiger partial charge on any atom is -0.300 e. The van der Waals surface area contributed by atoms with Gasteiger partial charge in [0.2, 0.25) is 0 Å². The highest BCUT2D eigenvalue weighted by molar-refractivity contribution is 7.71. The monoisotopic (exact) mass is 239 g/mol. The topological polar surface area (TPSA) is 33.6 Å². The van der Waals surface area contributed by atoms with Crippen LogP contribution in [0, 0.1) is 4.77 Å². The molecule has 4 heteroatoms. The standard InChI is InChI=1S/C12H21N3S/c1-3-5-6-7-8-9-11-13-14-12(16)15(11)10-4-2/h4H,2-3,5-10H2,1H3,(H,14,16). The second-order valence-corrected chi connectivity index (χ2v) is 4.40. The van der Waals surface area contributed by atoms with Gasteiger partial charge in [0.1, 0.15) is 5.82 Å². The molecule has 0 atom stereocenters. The van der Waals surface area contributed by atoms with E-state index in [4.69, 9.17) is 12.2 Å². The van der Waals surface area contributed by atoms with Crippen molar-refractivity contribution in [3.05, 3.63) is 23.3 Å². The summed E-state index contributed by atoms with van der Waals surface area (Å²) in [5.41, 5.74) is 0. The van der Waals surface area contributed by atoms with Crippen LogP contribution in [0.3, 0.4) is 0 Å². The minimum absolute atomic E-state index is 0.698. The quantitative estimate of drug-likeness (QED) is 0.427. The maximum atomic E-state index is 5.16. The van der Waals surface area contributed by atoms with Crippen LogP contribution in [0.25, 0.3) is 0 Å². The molecule has 1 heterocycles. The van der Waals surface area contributed by atoms with Crippen molar-refractivity contribution in [1.82, 2.24) is 14.8 Å². The van der Waals surface area contributed by atoms with Gasteiger partial charge in [-0.25, -0.2) is 0 Å². The summed E-state index contributed by atoms with van der Waals surface area (Å²) in [6, 6.07) is 0. The first kappa shape index (κ1) is 13.2. The first-order chi connectivity index (χ1) is 7.79. The van der Waals surface area contributed by atoms with E-state index < -0.39 is 0 Å². The van der Waals surface area contributed by atoms with Crippen LogP contribution in [0.4, 0.5) is 0 Å². The SMILES string of the molecule is C=CCn1c(CCCCCCC)n[nH]c1=S. The predicted molar refractivity (Wildman–Crippen MR) is 70.1 cm³/mol. The fourth-order valence-electron chi connectivity index (χ4n) is 1.75. The molecule has 3 nitrogen and oxygen atoms in total. The van der Waals surface area contributed by atoms with Crippen LogP contribution >= 0.6 is 12.2 Å². The molecule has 0 aromatic carbocycles. The lowest BCUT2D eigenvalue weighted by molar-refractivity contribution is 0.607. The molecule has 0 bridgehead atoms. The highest BCUT2D eigenvalue weighted by Gasteiger charge is 2.03. The third-order valence-electron chi connectivity index (χ3n) is 2.65. The highest BCUT2D eigenvalue weighted by Crippen LogP contribution is 2.07. The normalized spacial score (nSPS) is 10.6. The molecule has 1 rings (SSSR count). The van der Waals surface area contributed by atoms with Crippen molar-refractivity contribution in [3.8, 4) is 0 Å². The average Bonchev–Trinajstić information content (AvgIpc) is 2.62. The Morgan fingerprint density at radius 3 is 2.81 bits per heavy atom. The lowest BCUT2D eigenvalue weighted by Gasteiger charge is -2.03. The van der Waals surface area contributed by atoms with Gasteiger partial charge in [0.25, 0.3) is 0 Å². The van der Waals surface area contributed by atoms with Gasteiger partial charge in [0.05, 0.1) is 0 Å². The number of hydrogen-bond acceptors (Lipinski definition) is 2. The summed E-state index contributed by atoms with van der Waals surface area (Å²) in [7, 11) is 0. The molecule has 0 aliphatic carbocycles. The van der Waals surface area contributed by atoms with E-state index in [0.29, 0.717) is 4.77 Å². The summed E-state index contributed by atoms with van der Waals surface area (Å²) in [6.07, 6.45) is 9.27. The van der Waals surface area contributed by atoms with Gasteiger partial charge in [-0.15, -0.1) is 6.58 Å². The summed E-state index contributed by atoms with van der Waals surface area (Å²) in [6.45, 7) is 6.71. The molecule has 1 N–H and O–H groups in total. The summed E-state index contributed by atoms with van der Waals surface area (Å²) in [5.74, 6) is 1.06. The van der Waals surface area contributed by atoms with Crippen molar-refractivity contribution in [2.45, 2.75) is 52.0 Å². The van der Waals surface area contributed by atoms with Gasteiger partial charge >= 0.3 is 0 Å². The van der Waals surface area contributed by atoms with E-state index in [1.807, 2.05) is 10.6 Å². The first-order valence-electron chi connectivity index (χ1n) is 6.04. The van der Waals surface area contributed by atoms with Crippen molar-refractivity contribution >= 4 is 12.2 Å². The number of unbranched alkanes of at least 4 members (excludes halogenated alkanes) is 4. The fourth-order valence-corrected chi connectivity index (χ4v) is 1.97. The molecule has 1 aromatic rings. The number of nitrogens with zero attached hydrogens (tertiary/aromatic N) is 2. The number of aryl methyl sites for hydroxylation is 1. The summed E-state index contributed by atoms with van der Waals surface area (Å²) >= 11 is 5.16. The van der Waals surface area contributed by atoms with Crippen molar-refractivity contribution in [2.75, 3.05) is 0 Å². The van der Waals surface area contributed by atoms with Crippen LogP contribution in [0.15, 0.2) is 12.7 Å². The molecule has 0 radical (unpaired) electrons. The van der Waals surface area contributed by atoms with E-state index in [2.05, 4.69) is 23.7 Å². The summed E-state index contributed by atoms with van der Waals surface area (Å²) in [5, 5.41) is 7.09. The Morgan fingerprint density at radius 2 is 2.12 bits per heavy atom. The van der Waals surface area contributed by atoms with E-state index in [1.165, 1.54) is 32.1 Å². The van der Waals surface area contributed by atoms with Crippen molar-refractivity contribution < 1.29 is 0 Å². The molecule has 0 aliphatic rings. The van der Waals surface area contributed by atoms with Gasteiger partial charge in [-0.2, -0.15) is 5.10 Å². The number of H-pyrrole nitrogens is 1. The number of aromatic nitrogens is 3. The maximum Gasteiger partial charge on any atom is 0.195 e. The Labute approximate surface area is 103 Å². The van der Waals surface area contributed by atoms with E-state index in [-0.39, 0.29) is 0 Å². The molecule has 16 heavy (non-hydrogen) atoms. The van der Waals surface area contributed by atoms with Gasteiger partial charge in [-0.05, 0) is 18.6 Å². The minimum atomic E-state index is 0.698. The Bertz CT molecular complexity index is 365. The largest absolute Gasteiger partial charge is 0.300 e. The summed E-state index contributed by atoms with van der Waals surface area (Å²) < 4.78 is 2.71. The van der Waals surface area contributed by atoms with Crippen LogP contribution in [0.5, 0.6) is 0 Å². The third-order valence-corrected chi connectivity index (χ3v) is 2.96. The number of aromatic amines is 1. The van der Waals surface area contributed by atoms with Gasteiger partial charge in [0.15, 0.2) is 4.77 Å². The second-order valence-electron chi connectivity index (χ2n) is 4.01. The fraction of sp³-hybridized carbons (Fsp3) is 0.667.